The summed E-state index contributed by atoms with van der Waals surface area (Å²) in [5, 5.41) is 0. The Hall–Kier alpha value is -1.62. The van der Waals surface area contributed by atoms with Crippen LogP contribution >= 0.6 is 0 Å². The van der Waals surface area contributed by atoms with Gasteiger partial charge in [-0.15, -0.1) is 0 Å². The fourth-order valence-electron chi connectivity index (χ4n) is 4.58. The molecule has 1 aliphatic heterocycles. The SMILES string of the molecule is CCCC(=O)OC1CCC=C2C=CCC(CCC3CC(N)CC(=O)O3)C21. The quantitative estimate of drug-likeness (QED) is 0.733. The van der Waals surface area contributed by atoms with Gasteiger partial charge in [0, 0.05) is 24.8 Å². The first-order chi connectivity index (χ1) is 12.6. The van der Waals surface area contributed by atoms with E-state index in [1.165, 1.54) is 5.57 Å². The number of hydrogen-bond donors (Lipinski definition) is 1. The van der Waals surface area contributed by atoms with Gasteiger partial charge in [0.05, 0.1) is 6.42 Å². The van der Waals surface area contributed by atoms with Crippen LogP contribution in [0.3, 0.4) is 0 Å². The molecule has 0 aromatic rings. The van der Waals surface area contributed by atoms with Crippen LogP contribution in [0.25, 0.3) is 0 Å². The largest absolute Gasteiger partial charge is 0.462 e. The third-order valence-corrected chi connectivity index (χ3v) is 5.76. The normalized spacial score (nSPS) is 33.8. The van der Waals surface area contributed by atoms with Crippen LogP contribution in [0.15, 0.2) is 23.8 Å². The van der Waals surface area contributed by atoms with Gasteiger partial charge in [-0.1, -0.05) is 25.2 Å². The Morgan fingerprint density at radius 1 is 1.38 bits per heavy atom. The van der Waals surface area contributed by atoms with Crippen LogP contribution in [0.1, 0.15) is 64.7 Å². The summed E-state index contributed by atoms with van der Waals surface area (Å²) in [6, 6.07) is -0.0830. The first-order valence-corrected chi connectivity index (χ1v) is 10.1. The first kappa shape index (κ1) is 19.2. The Kier molecular flexibility index (Phi) is 6.52. The highest BCUT2D eigenvalue weighted by molar-refractivity contribution is 5.71. The van der Waals surface area contributed by atoms with Gasteiger partial charge >= 0.3 is 11.9 Å². The molecule has 0 spiro atoms. The lowest BCUT2D eigenvalue weighted by Crippen LogP contribution is -2.39. The summed E-state index contributed by atoms with van der Waals surface area (Å²) in [5.41, 5.74) is 7.26. The van der Waals surface area contributed by atoms with Crippen LogP contribution in [0.5, 0.6) is 0 Å². The summed E-state index contributed by atoms with van der Waals surface area (Å²) in [6.45, 7) is 2.00. The van der Waals surface area contributed by atoms with E-state index in [-0.39, 0.29) is 36.1 Å². The average molecular weight is 361 g/mol. The van der Waals surface area contributed by atoms with Crippen LogP contribution < -0.4 is 5.73 Å². The van der Waals surface area contributed by atoms with E-state index in [1.807, 2.05) is 6.92 Å². The maximum atomic E-state index is 12.0. The van der Waals surface area contributed by atoms with Gasteiger partial charge in [-0.25, -0.2) is 0 Å². The fraction of sp³-hybridized carbons (Fsp3) is 0.714. The van der Waals surface area contributed by atoms with Crippen molar-refractivity contribution in [3.05, 3.63) is 23.8 Å². The number of cyclic esters (lactones) is 1. The van der Waals surface area contributed by atoms with Crippen LogP contribution in [-0.2, 0) is 19.1 Å². The zero-order chi connectivity index (χ0) is 18.5. The van der Waals surface area contributed by atoms with E-state index < -0.39 is 0 Å². The molecule has 5 atom stereocenters. The molecule has 0 radical (unpaired) electrons. The summed E-state index contributed by atoms with van der Waals surface area (Å²) < 4.78 is 11.3. The van der Waals surface area contributed by atoms with Crippen molar-refractivity contribution >= 4 is 11.9 Å². The Bertz CT molecular complexity index is 583. The van der Waals surface area contributed by atoms with Gasteiger partial charge in [0.2, 0.25) is 0 Å². The number of nitrogens with two attached hydrogens (primary N) is 1. The molecule has 5 nitrogen and oxygen atoms in total. The molecule has 5 unspecified atom stereocenters. The molecule has 0 aromatic carbocycles. The van der Waals surface area contributed by atoms with Crippen molar-refractivity contribution in [3.63, 3.8) is 0 Å². The van der Waals surface area contributed by atoms with Gasteiger partial charge in [-0.3, -0.25) is 9.59 Å². The zero-order valence-corrected chi connectivity index (χ0v) is 15.7. The third kappa shape index (κ3) is 4.76. The van der Waals surface area contributed by atoms with Gasteiger partial charge in [-0.05, 0) is 50.0 Å². The molecule has 3 rings (SSSR count). The van der Waals surface area contributed by atoms with Crippen molar-refractivity contribution in [1.82, 2.24) is 0 Å². The highest BCUT2D eigenvalue weighted by Crippen LogP contribution is 2.41. The van der Waals surface area contributed by atoms with Crippen LogP contribution in [0.2, 0.25) is 0 Å². The van der Waals surface area contributed by atoms with Gasteiger partial charge in [-0.2, -0.15) is 0 Å². The predicted octanol–water partition coefficient (Wildman–Crippen LogP) is 3.42. The van der Waals surface area contributed by atoms with E-state index in [9.17, 15) is 9.59 Å². The second-order valence-electron chi connectivity index (χ2n) is 7.87. The van der Waals surface area contributed by atoms with E-state index in [0.29, 0.717) is 18.8 Å². The second kappa shape index (κ2) is 8.85. The lowest BCUT2D eigenvalue weighted by atomic mass is 9.70. The van der Waals surface area contributed by atoms with Crippen LogP contribution in [-0.4, -0.2) is 30.2 Å². The molecule has 2 N–H and O–H groups in total. The van der Waals surface area contributed by atoms with E-state index in [4.69, 9.17) is 15.2 Å². The van der Waals surface area contributed by atoms with Gasteiger partial charge < -0.3 is 15.2 Å². The molecule has 0 bridgehead atoms. The van der Waals surface area contributed by atoms with Crippen molar-refractivity contribution in [2.45, 2.75) is 83.0 Å². The smallest absolute Gasteiger partial charge is 0.307 e. The number of hydrogen-bond acceptors (Lipinski definition) is 5. The molecule has 1 saturated heterocycles. The number of ether oxygens (including phenoxy) is 2. The molecule has 1 fully saturated rings. The fourth-order valence-corrected chi connectivity index (χ4v) is 4.58. The molecule has 3 aliphatic rings. The lowest BCUT2D eigenvalue weighted by molar-refractivity contribution is -0.156. The maximum Gasteiger partial charge on any atom is 0.307 e. The molecule has 1 heterocycles. The Balaban J connectivity index is 1.63. The summed E-state index contributed by atoms with van der Waals surface area (Å²) in [6.07, 6.45) is 13.6. The Morgan fingerprint density at radius 2 is 2.23 bits per heavy atom. The molecule has 2 aliphatic carbocycles. The Morgan fingerprint density at radius 3 is 3.00 bits per heavy atom. The zero-order valence-electron chi connectivity index (χ0n) is 15.7. The summed E-state index contributed by atoms with van der Waals surface area (Å²) in [4.78, 5) is 23.7. The summed E-state index contributed by atoms with van der Waals surface area (Å²) in [7, 11) is 0. The van der Waals surface area contributed by atoms with Gasteiger partial charge in [0.1, 0.15) is 12.2 Å². The molecule has 0 amide bonds. The summed E-state index contributed by atoms with van der Waals surface area (Å²) >= 11 is 0. The number of esters is 2. The number of rotatable bonds is 6. The van der Waals surface area contributed by atoms with Crippen LogP contribution in [0, 0.1) is 11.8 Å². The molecular formula is C21H31NO4. The minimum Gasteiger partial charge on any atom is -0.462 e. The second-order valence-corrected chi connectivity index (χ2v) is 7.87. The first-order valence-electron chi connectivity index (χ1n) is 10.1. The standard InChI is InChI=1S/C21H31NO4/c1-2-5-19(23)26-18-9-4-8-14-6-3-7-15(21(14)18)10-11-17-12-16(22)13-20(24)25-17/h3,6,8,15-18,21H,2,4-5,7,9-13,22H2,1H3. The summed E-state index contributed by atoms with van der Waals surface area (Å²) in [5.74, 6) is 0.423. The van der Waals surface area contributed by atoms with Crippen molar-refractivity contribution in [3.8, 4) is 0 Å². The molecule has 0 aromatic heterocycles. The predicted molar refractivity (Wildman–Crippen MR) is 99.2 cm³/mol. The highest BCUT2D eigenvalue weighted by Gasteiger charge is 2.37. The number of fused-ring (bicyclic) bond motifs is 1. The minimum absolute atomic E-state index is 0.0276. The molecule has 0 saturated carbocycles. The third-order valence-electron chi connectivity index (χ3n) is 5.76. The number of carbonyl (C=O) groups excluding carboxylic acids is 2. The molecular weight excluding hydrogens is 330 g/mol. The van der Waals surface area contributed by atoms with Gasteiger partial charge in [0.25, 0.3) is 0 Å². The Labute approximate surface area is 156 Å². The van der Waals surface area contributed by atoms with E-state index >= 15 is 0 Å². The average Bonchev–Trinajstić information content (AvgIpc) is 2.59. The minimum atomic E-state index is -0.179. The van der Waals surface area contributed by atoms with E-state index in [2.05, 4.69) is 18.2 Å². The van der Waals surface area contributed by atoms with Crippen molar-refractivity contribution < 1.29 is 19.1 Å². The van der Waals surface area contributed by atoms with Crippen molar-refractivity contribution in [2.24, 2.45) is 17.6 Å². The van der Waals surface area contributed by atoms with E-state index in [1.54, 1.807) is 0 Å². The molecule has 26 heavy (non-hydrogen) atoms. The maximum absolute atomic E-state index is 12.0. The lowest BCUT2D eigenvalue weighted by Gasteiger charge is -2.39. The molecule has 144 valence electrons. The molecule has 5 heteroatoms. The number of carbonyl (C=O) groups is 2. The van der Waals surface area contributed by atoms with Crippen molar-refractivity contribution in [1.29, 1.82) is 0 Å². The monoisotopic (exact) mass is 361 g/mol. The highest BCUT2D eigenvalue weighted by atomic mass is 16.5. The number of allylic oxidation sites excluding steroid dienone is 3. The van der Waals surface area contributed by atoms with Crippen molar-refractivity contribution in [2.75, 3.05) is 0 Å². The van der Waals surface area contributed by atoms with Crippen LogP contribution in [0.4, 0.5) is 0 Å². The van der Waals surface area contributed by atoms with E-state index in [0.717, 1.165) is 44.9 Å². The van der Waals surface area contributed by atoms with Gasteiger partial charge in [0.15, 0.2) is 0 Å². The topological polar surface area (TPSA) is 78.6 Å².